The molecule has 0 fully saturated rings. The number of unbranched alkanes of at least 4 members (excludes halogenated alkanes) is 5. The fraction of sp³-hybridized carbons (Fsp3) is 0.684. The van der Waals surface area contributed by atoms with E-state index in [1.165, 1.54) is 25.7 Å². The van der Waals surface area contributed by atoms with Crippen LogP contribution in [0, 0.1) is 0 Å². The van der Waals surface area contributed by atoms with E-state index in [-0.39, 0.29) is 11.9 Å². The molecule has 1 unspecified atom stereocenters. The molecule has 0 saturated heterocycles. The van der Waals surface area contributed by atoms with Crippen molar-refractivity contribution in [2.45, 2.75) is 83.5 Å². The lowest BCUT2D eigenvalue weighted by molar-refractivity contribution is 0.297. The van der Waals surface area contributed by atoms with Gasteiger partial charge in [0.25, 0.3) is 10.1 Å². The van der Waals surface area contributed by atoms with E-state index in [0.29, 0.717) is 6.42 Å². The molecule has 0 bridgehead atoms. The van der Waals surface area contributed by atoms with Gasteiger partial charge in [-0.3, -0.25) is 4.18 Å². The molecule has 1 atom stereocenters. The van der Waals surface area contributed by atoms with Crippen molar-refractivity contribution in [3.8, 4) is 0 Å². The highest BCUT2D eigenvalue weighted by Gasteiger charge is 2.25. The molecule has 23 heavy (non-hydrogen) atoms. The van der Waals surface area contributed by atoms with Crippen LogP contribution in [-0.4, -0.2) is 13.7 Å². The van der Waals surface area contributed by atoms with Crippen molar-refractivity contribution in [1.29, 1.82) is 0 Å². The maximum absolute atomic E-state index is 12.4. The molecular weight excluding hydrogens is 308 g/mol. The topological polar surface area (TPSA) is 43.4 Å². The Bertz CT molecular complexity index is 497. The Balaban J connectivity index is 2.43. The first-order valence-electron chi connectivity index (χ1n) is 9.02. The van der Waals surface area contributed by atoms with Gasteiger partial charge in [-0.15, -0.1) is 0 Å². The van der Waals surface area contributed by atoms with Crippen LogP contribution in [0.25, 0.3) is 0 Å². The fourth-order valence-corrected chi connectivity index (χ4v) is 4.20. The fourth-order valence-electron chi connectivity index (χ4n) is 2.73. The highest BCUT2D eigenvalue weighted by molar-refractivity contribution is 7.87. The Morgan fingerprint density at radius 2 is 1.52 bits per heavy atom. The summed E-state index contributed by atoms with van der Waals surface area (Å²) in [5, 5.41) is -0.359. The second kappa shape index (κ2) is 11.6. The monoisotopic (exact) mass is 340 g/mol. The van der Waals surface area contributed by atoms with Crippen molar-refractivity contribution in [3.05, 3.63) is 35.9 Å². The Hall–Kier alpha value is -0.870. The van der Waals surface area contributed by atoms with Crippen molar-refractivity contribution >= 4 is 10.1 Å². The Kier molecular flexibility index (Phi) is 10.2. The normalized spacial score (nSPS) is 13.1. The Labute approximate surface area is 142 Å². The minimum atomic E-state index is -3.48. The Morgan fingerprint density at radius 3 is 2.17 bits per heavy atom. The zero-order valence-corrected chi connectivity index (χ0v) is 15.5. The lowest BCUT2D eigenvalue weighted by Crippen LogP contribution is -2.23. The average Bonchev–Trinajstić information content (AvgIpc) is 2.56. The summed E-state index contributed by atoms with van der Waals surface area (Å²) in [5.41, 5.74) is 0.894. The summed E-state index contributed by atoms with van der Waals surface area (Å²) < 4.78 is 30.2. The molecule has 0 N–H and O–H groups in total. The van der Waals surface area contributed by atoms with E-state index < -0.39 is 10.1 Å². The predicted octanol–water partition coefficient (Wildman–Crippen LogP) is 5.45. The summed E-state index contributed by atoms with van der Waals surface area (Å²) in [7, 11) is -3.48. The van der Waals surface area contributed by atoms with E-state index in [4.69, 9.17) is 4.18 Å². The lowest BCUT2D eigenvalue weighted by Gasteiger charge is -2.17. The van der Waals surface area contributed by atoms with E-state index >= 15 is 0 Å². The second-order valence-corrected chi connectivity index (χ2v) is 8.10. The van der Waals surface area contributed by atoms with Crippen LogP contribution < -0.4 is 0 Å². The highest BCUT2D eigenvalue weighted by Crippen LogP contribution is 2.20. The summed E-state index contributed by atoms with van der Waals surface area (Å²) in [6, 6.07) is 9.48. The number of hydrogen-bond acceptors (Lipinski definition) is 3. The molecule has 0 aliphatic carbocycles. The summed E-state index contributed by atoms with van der Waals surface area (Å²) in [4.78, 5) is 0. The molecule has 0 saturated carbocycles. The van der Waals surface area contributed by atoms with E-state index in [1.54, 1.807) is 0 Å². The second-order valence-electron chi connectivity index (χ2n) is 6.21. The summed E-state index contributed by atoms with van der Waals surface area (Å²) in [6.07, 6.45) is 9.34. The molecule has 0 aromatic heterocycles. The van der Waals surface area contributed by atoms with Crippen molar-refractivity contribution in [2.24, 2.45) is 0 Å². The summed E-state index contributed by atoms with van der Waals surface area (Å²) in [6.45, 7) is 4.37. The van der Waals surface area contributed by atoms with E-state index in [1.807, 2.05) is 37.3 Å². The van der Waals surface area contributed by atoms with Gasteiger partial charge in [0.05, 0.1) is 11.9 Å². The standard InChI is InChI=1S/C19H32O3S/c1-3-5-6-7-8-12-16-19(13-4-2)23(20,21)22-17-18-14-10-9-11-15-18/h9-11,14-15,19H,3-8,12-13,16-17H2,1-2H3. The van der Waals surface area contributed by atoms with Crippen LogP contribution in [0.2, 0.25) is 0 Å². The zero-order chi connectivity index (χ0) is 17.0. The zero-order valence-electron chi connectivity index (χ0n) is 14.7. The molecule has 3 nitrogen and oxygen atoms in total. The van der Waals surface area contributed by atoms with E-state index in [9.17, 15) is 8.42 Å². The molecule has 4 heteroatoms. The molecule has 0 radical (unpaired) electrons. The first kappa shape index (κ1) is 20.2. The quantitative estimate of drug-likeness (QED) is 0.354. The molecule has 0 heterocycles. The molecule has 0 spiro atoms. The molecule has 0 aliphatic rings. The van der Waals surface area contributed by atoms with Gasteiger partial charge >= 0.3 is 0 Å². The number of benzene rings is 1. The maximum atomic E-state index is 12.4. The first-order valence-corrected chi connectivity index (χ1v) is 10.5. The summed E-state index contributed by atoms with van der Waals surface area (Å²) >= 11 is 0. The SMILES string of the molecule is CCCCCCCCC(CCC)S(=O)(=O)OCc1ccccc1. The van der Waals surface area contributed by atoms with Gasteiger partial charge in [0, 0.05) is 0 Å². The van der Waals surface area contributed by atoms with Crippen molar-refractivity contribution in [1.82, 2.24) is 0 Å². The van der Waals surface area contributed by atoms with Crippen LogP contribution in [0.4, 0.5) is 0 Å². The third kappa shape index (κ3) is 8.52. The Morgan fingerprint density at radius 1 is 0.870 bits per heavy atom. The molecule has 132 valence electrons. The van der Waals surface area contributed by atoms with Crippen molar-refractivity contribution in [3.63, 3.8) is 0 Å². The maximum Gasteiger partial charge on any atom is 0.270 e. The van der Waals surface area contributed by atoms with Gasteiger partial charge in [0.15, 0.2) is 0 Å². The van der Waals surface area contributed by atoms with E-state index in [0.717, 1.165) is 31.2 Å². The van der Waals surface area contributed by atoms with Crippen LogP contribution in [0.1, 0.15) is 77.2 Å². The van der Waals surface area contributed by atoms with Gasteiger partial charge in [-0.1, -0.05) is 89.1 Å². The van der Waals surface area contributed by atoms with Gasteiger partial charge in [-0.2, -0.15) is 8.42 Å². The minimum Gasteiger partial charge on any atom is -0.265 e. The van der Waals surface area contributed by atoms with Crippen LogP contribution in [-0.2, 0) is 20.9 Å². The van der Waals surface area contributed by atoms with Crippen LogP contribution >= 0.6 is 0 Å². The number of rotatable bonds is 13. The summed E-state index contributed by atoms with van der Waals surface area (Å²) in [5.74, 6) is 0. The number of hydrogen-bond donors (Lipinski definition) is 0. The average molecular weight is 341 g/mol. The van der Waals surface area contributed by atoms with Gasteiger partial charge in [-0.25, -0.2) is 0 Å². The lowest BCUT2D eigenvalue weighted by atomic mass is 10.1. The van der Waals surface area contributed by atoms with Gasteiger partial charge in [-0.05, 0) is 18.4 Å². The third-order valence-electron chi connectivity index (χ3n) is 4.13. The molecule has 0 amide bonds. The van der Waals surface area contributed by atoms with Crippen LogP contribution in [0.15, 0.2) is 30.3 Å². The van der Waals surface area contributed by atoms with Crippen molar-refractivity contribution < 1.29 is 12.6 Å². The van der Waals surface area contributed by atoms with Crippen molar-refractivity contribution in [2.75, 3.05) is 0 Å². The van der Waals surface area contributed by atoms with Gasteiger partial charge in [0.2, 0.25) is 0 Å². The smallest absolute Gasteiger partial charge is 0.265 e. The minimum absolute atomic E-state index is 0.139. The van der Waals surface area contributed by atoms with Crippen LogP contribution in [0.3, 0.4) is 0 Å². The van der Waals surface area contributed by atoms with Gasteiger partial charge in [0.1, 0.15) is 0 Å². The van der Waals surface area contributed by atoms with Crippen LogP contribution in [0.5, 0.6) is 0 Å². The third-order valence-corrected chi connectivity index (χ3v) is 5.87. The molecule has 0 aliphatic heterocycles. The van der Waals surface area contributed by atoms with E-state index in [2.05, 4.69) is 6.92 Å². The molecule has 1 rings (SSSR count). The molecule has 1 aromatic carbocycles. The first-order chi connectivity index (χ1) is 11.1. The molecular formula is C19H32O3S. The largest absolute Gasteiger partial charge is 0.270 e. The predicted molar refractivity (Wildman–Crippen MR) is 96.8 cm³/mol. The highest BCUT2D eigenvalue weighted by atomic mass is 32.2. The molecule has 1 aromatic rings. The van der Waals surface area contributed by atoms with Gasteiger partial charge < -0.3 is 0 Å².